The highest BCUT2D eigenvalue weighted by molar-refractivity contribution is 7.10. The van der Waals surface area contributed by atoms with E-state index in [4.69, 9.17) is 0 Å². The van der Waals surface area contributed by atoms with Crippen LogP contribution in [0, 0.1) is 20.2 Å². The van der Waals surface area contributed by atoms with E-state index in [9.17, 15) is 34.9 Å². The van der Waals surface area contributed by atoms with Crippen LogP contribution in [0.2, 0.25) is 0 Å². The van der Waals surface area contributed by atoms with Crippen molar-refractivity contribution in [3.8, 4) is 5.75 Å². The van der Waals surface area contributed by atoms with Crippen LogP contribution in [0.1, 0.15) is 20.8 Å². The van der Waals surface area contributed by atoms with E-state index in [0.717, 1.165) is 12.3 Å². The van der Waals surface area contributed by atoms with Crippen LogP contribution in [0.15, 0.2) is 70.8 Å². The number of amides is 2. The first-order valence-electron chi connectivity index (χ1n) is 9.37. The van der Waals surface area contributed by atoms with Crippen LogP contribution in [-0.4, -0.2) is 33.0 Å². The van der Waals surface area contributed by atoms with Crippen molar-refractivity contribution in [2.45, 2.75) is 0 Å². The quantitative estimate of drug-likeness (QED) is 0.191. The van der Waals surface area contributed by atoms with Gasteiger partial charge in [-0.15, -0.1) is 11.3 Å². The van der Waals surface area contributed by atoms with Gasteiger partial charge in [0.2, 0.25) is 5.75 Å². The summed E-state index contributed by atoms with van der Waals surface area (Å²) >= 11 is 1.32. The second kappa shape index (κ2) is 10.6. The smallest absolute Gasteiger partial charge is 0.318 e. The fourth-order valence-corrected chi connectivity index (χ4v) is 3.30. The molecule has 1 heterocycles. The zero-order valence-corrected chi connectivity index (χ0v) is 17.9. The Labute approximate surface area is 195 Å². The number of non-ortho nitro benzene ring substituents is 1. The number of nitrogens with zero attached hydrogens (tertiary/aromatic N) is 3. The number of hydrazone groups is 1. The Hall–Kier alpha value is -4.91. The maximum Gasteiger partial charge on any atom is 0.318 e. The molecule has 3 N–H and O–H groups in total. The summed E-state index contributed by atoms with van der Waals surface area (Å²) in [6, 6.07) is 13.1. The SMILES string of the molecule is O=C(NN=Cc1cc([N+](=O)[O-])cc([N+](=O)[O-])c1O)C(=Cc1cccs1)NC(=O)c1ccccc1. The van der Waals surface area contributed by atoms with Gasteiger partial charge in [0.1, 0.15) is 5.70 Å². The highest BCUT2D eigenvalue weighted by Gasteiger charge is 2.23. The van der Waals surface area contributed by atoms with E-state index < -0.39 is 38.8 Å². The number of rotatable bonds is 8. The number of nitro benzene ring substituents is 2. The average molecular weight is 481 g/mol. The molecule has 3 rings (SSSR count). The van der Waals surface area contributed by atoms with E-state index in [1.165, 1.54) is 17.4 Å². The molecule has 0 spiro atoms. The first-order valence-corrected chi connectivity index (χ1v) is 10.2. The van der Waals surface area contributed by atoms with Gasteiger partial charge in [-0.1, -0.05) is 24.3 Å². The van der Waals surface area contributed by atoms with Gasteiger partial charge in [0.15, 0.2) is 0 Å². The molecule has 0 aliphatic rings. The fourth-order valence-electron chi connectivity index (χ4n) is 2.65. The molecule has 2 aromatic carbocycles. The summed E-state index contributed by atoms with van der Waals surface area (Å²) in [6.07, 6.45) is 2.24. The van der Waals surface area contributed by atoms with Crippen LogP contribution >= 0.6 is 11.3 Å². The zero-order valence-electron chi connectivity index (χ0n) is 17.1. The van der Waals surface area contributed by atoms with Crippen molar-refractivity contribution >= 4 is 46.8 Å². The van der Waals surface area contributed by atoms with Crippen LogP contribution in [0.4, 0.5) is 11.4 Å². The molecule has 13 heteroatoms. The minimum absolute atomic E-state index is 0.150. The first-order chi connectivity index (χ1) is 16.3. The molecule has 172 valence electrons. The van der Waals surface area contributed by atoms with Gasteiger partial charge in [-0.05, 0) is 29.7 Å². The Morgan fingerprint density at radius 2 is 1.76 bits per heavy atom. The summed E-state index contributed by atoms with van der Waals surface area (Å²) in [6.45, 7) is 0. The molecule has 1 aromatic heterocycles. The summed E-state index contributed by atoms with van der Waals surface area (Å²) in [7, 11) is 0. The number of aromatic hydroxyl groups is 1. The maximum atomic E-state index is 12.7. The minimum atomic E-state index is -0.987. The van der Waals surface area contributed by atoms with Crippen LogP contribution in [0.3, 0.4) is 0 Å². The van der Waals surface area contributed by atoms with E-state index in [2.05, 4.69) is 15.8 Å². The average Bonchev–Trinajstić information content (AvgIpc) is 3.33. The number of thiophene rings is 1. The third kappa shape index (κ3) is 5.86. The molecule has 0 aliphatic carbocycles. The van der Waals surface area contributed by atoms with Crippen molar-refractivity contribution in [2.24, 2.45) is 5.10 Å². The van der Waals surface area contributed by atoms with E-state index in [-0.39, 0.29) is 11.3 Å². The third-order valence-corrected chi connectivity index (χ3v) is 5.06. The number of nitro groups is 2. The van der Waals surface area contributed by atoms with Gasteiger partial charge in [0.05, 0.1) is 27.7 Å². The van der Waals surface area contributed by atoms with E-state index >= 15 is 0 Å². The van der Waals surface area contributed by atoms with Crippen molar-refractivity contribution in [3.05, 3.63) is 102 Å². The molecule has 0 fully saturated rings. The second-order valence-corrected chi connectivity index (χ2v) is 7.49. The zero-order chi connectivity index (χ0) is 24.7. The van der Waals surface area contributed by atoms with Crippen LogP contribution in [0.5, 0.6) is 5.75 Å². The molecule has 0 bridgehead atoms. The highest BCUT2D eigenvalue weighted by atomic mass is 32.1. The van der Waals surface area contributed by atoms with Crippen molar-refractivity contribution in [2.75, 3.05) is 0 Å². The molecule has 0 aliphatic heterocycles. The largest absolute Gasteiger partial charge is 0.502 e. The second-order valence-electron chi connectivity index (χ2n) is 6.51. The molecular formula is C21H15N5O7S. The summed E-state index contributed by atoms with van der Waals surface area (Å²) < 4.78 is 0. The first kappa shape index (κ1) is 23.7. The van der Waals surface area contributed by atoms with E-state index in [1.807, 2.05) is 0 Å². The molecule has 0 radical (unpaired) electrons. The standard InChI is InChI=1S/C21H15N5O7S/c27-19-14(9-15(25(30)31)10-18(19)26(32)33)12-22-24-21(29)17(11-16-7-4-8-34-16)23-20(28)13-5-2-1-3-6-13/h1-12,27H,(H,23,28)(H,24,29). The van der Waals surface area contributed by atoms with Gasteiger partial charge < -0.3 is 10.4 Å². The lowest BCUT2D eigenvalue weighted by atomic mass is 10.1. The molecular weight excluding hydrogens is 466 g/mol. The normalized spacial score (nSPS) is 11.2. The molecule has 0 atom stereocenters. The Balaban J connectivity index is 1.84. The lowest BCUT2D eigenvalue weighted by Crippen LogP contribution is -2.32. The monoisotopic (exact) mass is 481 g/mol. The predicted molar refractivity (Wildman–Crippen MR) is 123 cm³/mol. The Bertz CT molecular complexity index is 1300. The Morgan fingerprint density at radius 3 is 2.38 bits per heavy atom. The van der Waals surface area contributed by atoms with Crippen molar-refractivity contribution in [1.29, 1.82) is 0 Å². The predicted octanol–water partition coefficient (Wildman–Crippen LogP) is 3.19. The summed E-state index contributed by atoms with van der Waals surface area (Å²) in [5.74, 6) is -2.25. The number of hydrogen-bond donors (Lipinski definition) is 3. The summed E-state index contributed by atoms with van der Waals surface area (Å²) in [4.78, 5) is 46.1. The number of hydrogen-bond acceptors (Lipinski definition) is 9. The van der Waals surface area contributed by atoms with Gasteiger partial charge >= 0.3 is 5.69 Å². The molecule has 3 aromatic rings. The molecule has 0 unspecified atom stereocenters. The highest BCUT2D eigenvalue weighted by Crippen LogP contribution is 2.33. The number of carbonyl (C=O) groups excluding carboxylic acids is 2. The number of benzene rings is 2. The van der Waals surface area contributed by atoms with Gasteiger partial charge in [-0.3, -0.25) is 29.8 Å². The van der Waals surface area contributed by atoms with E-state index in [1.54, 1.807) is 47.8 Å². The van der Waals surface area contributed by atoms with Gasteiger partial charge in [0, 0.05) is 16.5 Å². The van der Waals surface area contributed by atoms with Gasteiger partial charge in [0.25, 0.3) is 17.5 Å². The van der Waals surface area contributed by atoms with E-state index in [0.29, 0.717) is 16.5 Å². The summed E-state index contributed by atoms with van der Waals surface area (Å²) in [5.41, 5.74) is 0.383. The molecule has 12 nitrogen and oxygen atoms in total. The van der Waals surface area contributed by atoms with Crippen molar-refractivity contribution in [3.63, 3.8) is 0 Å². The molecule has 34 heavy (non-hydrogen) atoms. The van der Waals surface area contributed by atoms with Crippen molar-refractivity contribution < 1.29 is 24.5 Å². The Morgan fingerprint density at radius 1 is 1.03 bits per heavy atom. The number of phenolic OH excluding ortho intramolecular Hbond substituents is 1. The fraction of sp³-hybridized carbons (Fsp3) is 0. The number of nitrogens with one attached hydrogen (secondary N) is 2. The molecule has 2 amide bonds. The molecule has 0 saturated heterocycles. The van der Waals surface area contributed by atoms with Gasteiger partial charge in [-0.2, -0.15) is 5.10 Å². The third-order valence-electron chi connectivity index (χ3n) is 4.24. The van der Waals surface area contributed by atoms with Crippen LogP contribution < -0.4 is 10.7 Å². The topological polar surface area (TPSA) is 177 Å². The van der Waals surface area contributed by atoms with Crippen molar-refractivity contribution in [1.82, 2.24) is 10.7 Å². The Kier molecular flexibility index (Phi) is 7.41. The van der Waals surface area contributed by atoms with Crippen LogP contribution in [0.25, 0.3) is 6.08 Å². The summed E-state index contributed by atoms with van der Waals surface area (Å²) in [5, 5.41) is 40.0. The van der Waals surface area contributed by atoms with Crippen LogP contribution in [-0.2, 0) is 4.79 Å². The number of phenols is 1. The van der Waals surface area contributed by atoms with Gasteiger partial charge in [-0.25, -0.2) is 5.43 Å². The lowest BCUT2D eigenvalue weighted by molar-refractivity contribution is -0.394. The number of carbonyl (C=O) groups is 2. The lowest BCUT2D eigenvalue weighted by Gasteiger charge is -2.08. The molecule has 0 saturated carbocycles. The maximum absolute atomic E-state index is 12.7. The minimum Gasteiger partial charge on any atom is -0.502 e.